The van der Waals surface area contributed by atoms with Gasteiger partial charge in [0.25, 0.3) is 5.91 Å². The fraction of sp³-hybridized carbons (Fsp3) is 0.333. The molecule has 4 N–H and O–H groups in total. The molecule has 2 atom stereocenters. The number of halogens is 2. The first-order valence-corrected chi connectivity index (χ1v) is 8.60. The third-order valence-electron chi connectivity index (χ3n) is 4.41. The lowest BCUT2D eigenvalue weighted by molar-refractivity contribution is -0.117. The second-order valence-electron chi connectivity index (χ2n) is 6.23. The number of nitrogens with two attached hydrogens (primary N) is 1. The van der Waals surface area contributed by atoms with E-state index in [1.807, 2.05) is 0 Å². The summed E-state index contributed by atoms with van der Waals surface area (Å²) in [5.41, 5.74) is 6.93. The first-order chi connectivity index (χ1) is 12.0. The lowest BCUT2D eigenvalue weighted by Gasteiger charge is -2.16. The Hall–Kier alpha value is -2.02. The van der Waals surface area contributed by atoms with Crippen LogP contribution in [0.2, 0.25) is 5.02 Å². The van der Waals surface area contributed by atoms with E-state index in [0.717, 1.165) is 19.3 Å². The van der Waals surface area contributed by atoms with E-state index in [-0.39, 0.29) is 36.0 Å². The van der Waals surface area contributed by atoms with Crippen LogP contribution < -0.4 is 16.4 Å². The lowest BCUT2D eigenvalue weighted by atomic mass is 10.00. The monoisotopic (exact) mass is 397 g/mol. The van der Waals surface area contributed by atoms with Crippen LogP contribution in [0.1, 0.15) is 36.2 Å². The van der Waals surface area contributed by atoms with Gasteiger partial charge in [-0.1, -0.05) is 18.0 Å². The highest BCUT2D eigenvalue weighted by atomic mass is 35.5. The molecule has 1 aromatic heterocycles. The largest absolute Gasteiger partial charge is 0.459 e. The fourth-order valence-corrected chi connectivity index (χ4v) is 3.25. The van der Waals surface area contributed by atoms with Crippen LogP contribution in [-0.2, 0) is 4.79 Å². The Labute approximate surface area is 162 Å². The molecule has 1 heterocycles. The van der Waals surface area contributed by atoms with Gasteiger partial charge in [-0.3, -0.25) is 9.59 Å². The van der Waals surface area contributed by atoms with Gasteiger partial charge in [0.15, 0.2) is 5.76 Å². The van der Waals surface area contributed by atoms with E-state index >= 15 is 0 Å². The molecule has 26 heavy (non-hydrogen) atoms. The number of hydrogen-bond donors (Lipinski definition) is 3. The Morgan fingerprint density at radius 1 is 1.19 bits per heavy atom. The van der Waals surface area contributed by atoms with Crippen LogP contribution in [0.5, 0.6) is 0 Å². The summed E-state index contributed by atoms with van der Waals surface area (Å²) in [5, 5.41) is 5.99. The molecule has 1 aliphatic carbocycles. The Balaban J connectivity index is 0.00000243. The Morgan fingerprint density at radius 2 is 2.00 bits per heavy atom. The van der Waals surface area contributed by atoms with E-state index in [1.54, 1.807) is 30.3 Å². The average Bonchev–Trinajstić information content (AvgIpc) is 3.23. The molecule has 1 fully saturated rings. The van der Waals surface area contributed by atoms with Crippen molar-refractivity contribution in [1.82, 2.24) is 0 Å². The molecule has 3 rings (SSSR count). The van der Waals surface area contributed by atoms with Crippen molar-refractivity contribution in [1.29, 1.82) is 0 Å². The minimum atomic E-state index is -0.416. The number of furan rings is 1. The molecular formula is C18H21Cl2N3O3. The molecule has 6 nitrogen and oxygen atoms in total. The van der Waals surface area contributed by atoms with Crippen molar-refractivity contribution in [3.8, 4) is 0 Å². The summed E-state index contributed by atoms with van der Waals surface area (Å²) < 4.78 is 5.07. The molecule has 0 radical (unpaired) electrons. The van der Waals surface area contributed by atoms with E-state index in [4.69, 9.17) is 21.8 Å². The van der Waals surface area contributed by atoms with Crippen LogP contribution in [0.3, 0.4) is 0 Å². The van der Waals surface area contributed by atoms with E-state index in [9.17, 15) is 9.59 Å². The molecule has 0 saturated heterocycles. The maximum Gasteiger partial charge on any atom is 0.291 e. The zero-order valence-electron chi connectivity index (χ0n) is 14.0. The van der Waals surface area contributed by atoms with Crippen molar-refractivity contribution < 1.29 is 14.0 Å². The molecule has 1 aliphatic rings. The van der Waals surface area contributed by atoms with Gasteiger partial charge >= 0.3 is 0 Å². The van der Waals surface area contributed by atoms with E-state index < -0.39 is 5.91 Å². The second-order valence-corrected chi connectivity index (χ2v) is 6.66. The molecule has 0 aliphatic heterocycles. The van der Waals surface area contributed by atoms with Crippen molar-refractivity contribution in [2.45, 2.75) is 31.7 Å². The topological polar surface area (TPSA) is 97.4 Å². The van der Waals surface area contributed by atoms with Crippen molar-refractivity contribution in [2.75, 3.05) is 10.6 Å². The SMILES string of the molecule is Cl.N[C@@H]1CCC[C@H]1CC(=O)Nc1ccc(Cl)cc1NC(=O)c1ccco1. The summed E-state index contributed by atoms with van der Waals surface area (Å²) in [5.74, 6) is -0.165. The first kappa shape index (κ1) is 20.3. The van der Waals surface area contributed by atoms with Crippen molar-refractivity contribution >= 4 is 47.2 Å². The van der Waals surface area contributed by atoms with Gasteiger partial charge in [0.2, 0.25) is 5.91 Å². The van der Waals surface area contributed by atoms with E-state index in [2.05, 4.69) is 10.6 Å². The molecule has 1 aromatic carbocycles. The number of nitrogens with one attached hydrogen (secondary N) is 2. The number of carbonyl (C=O) groups is 2. The summed E-state index contributed by atoms with van der Waals surface area (Å²) in [6, 6.07) is 8.15. The third-order valence-corrected chi connectivity index (χ3v) is 4.65. The smallest absolute Gasteiger partial charge is 0.291 e. The normalized spacial score (nSPS) is 18.8. The maximum absolute atomic E-state index is 12.3. The summed E-state index contributed by atoms with van der Waals surface area (Å²) in [6.45, 7) is 0. The highest BCUT2D eigenvalue weighted by Crippen LogP contribution is 2.29. The number of rotatable bonds is 5. The maximum atomic E-state index is 12.3. The molecule has 1 saturated carbocycles. The summed E-state index contributed by atoms with van der Waals surface area (Å²) >= 11 is 6.01. The number of anilines is 2. The van der Waals surface area contributed by atoms with Gasteiger partial charge in [0, 0.05) is 17.5 Å². The number of amides is 2. The van der Waals surface area contributed by atoms with Crippen LogP contribution >= 0.6 is 24.0 Å². The minimum Gasteiger partial charge on any atom is -0.459 e. The quantitative estimate of drug-likeness (QED) is 0.708. The fourth-order valence-electron chi connectivity index (χ4n) is 3.08. The van der Waals surface area contributed by atoms with Gasteiger partial charge in [-0.05, 0) is 49.1 Å². The van der Waals surface area contributed by atoms with Crippen LogP contribution in [0, 0.1) is 5.92 Å². The van der Waals surface area contributed by atoms with E-state index in [1.165, 1.54) is 6.26 Å². The van der Waals surface area contributed by atoms with Crippen molar-refractivity contribution in [2.24, 2.45) is 11.7 Å². The molecule has 2 amide bonds. The van der Waals surface area contributed by atoms with Gasteiger partial charge in [-0.2, -0.15) is 0 Å². The molecule has 2 aromatic rings. The minimum absolute atomic E-state index is 0. The van der Waals surface area contributed by atoms with Crippen molar-refractivity contribution in [3.63, 3.8) is 0 Å². The molecule has 0 unspecified atom stereocenters. The second kappa shape index (κ2) is 9.07. The van der Waals surface area contributed by atoms with Gasteiger partial charge in [0.1, 0.15) is 0 Å². The summed E-state index contributed by atoms with van der Waals surface area (Å²) in [6.07, 6.45) is 4.78. The van der Waals surface area contributed by atoms with Crippen molar-refractivity contribution in [3.05, 3.63) is 47.4 Å². The molecule has 140 valence electrons. The number of benzene rings is 1. The van der Waals surface area contributed by atoms with Gasteiger partial charge < -0.3 is 20.8 Å². The Morgan fingerprint density at radius 3 is 2.65 bits per heavy atom. The number of hydrogen-bond acceptors (Lipinski definition) is 4. The standard InChI is InChI=1S/C18H20ClN3O3.ClH/c19-12-6-7-14(21-17(23)9-11-3-1-4-13(11)20)15(10-12)22-18(24)16-5-2-8-25-16;/h2,5-8,10-11,13H,1,3-4,9,20H2,(H,21,23)(H,22,24);1H/t11-,13+;/m0./s1. The Bertz CT molecular complexity index is 765. The van der Waals surface area contributed by atoms with Crippen LogP contribution in [0.4, 0.5) is 11.4 Å². The van der Waals surface area contributed by atoms with Crippen LogP contribution in [0.25, 0.3) is 0 Å². The van der Waals surface area contributed by atoms with E-state index in [0.29, 0.717) is 22.8 Å². The van der Waals surface area contributed by atoms with Crippen LogP contribution in [0.15, 0.2) is 41.0 Å². The predicted octanol–water partition coefficient (Wildman–Crippen LogP) is 4.06. The molecule has 0 bridgehead atoms. The third kappa shape index (κ3) is 5.00. The predicted molar refractivity (Wildman–Crippen MR) is 104 cm³/mol. The highest BCUT2D eigenvalue weighted by Gasteiger charge is 2.26. The van der Waals surface area contributed by atoms with Gasteiger partial charge in [0.05, 0.1) is 17.6 Å². The Kier molecular flexibility index (Phi) is 7.08. The first-order valence-electron chi connectivity index (χ1n) is 8.23. The zero-order valence-corrected chi connectivity index (χ0v) is 15.6. The van der Waals surface area contributed by atoms with Crippen LogP contribution in [-0.4, -0.2) is 17.9 Å². The highest BCUT2D eigenvalue weighted by molar-refractivity contribution is 6.31. The average molecular weight is 398 g/mol. The summed E-state index contributed by atoms with van der Waals surface area (Å²) in [4.78, 5) is 24.5. The molecule has 8 heteroatoms. The molecular weight excluding hydrogens is 377 g/mol. The number of carbonyl (C=O) groups excluding carboxylic acids is 2. The molecule has 0 spiro atoms. The summed E-state index contributed by atoms with van der Waals surface area (Å²) in [7, 11) is 0. The van der Waals surface area contributed by atoms with Gasteiger partial charge in [-0.15, -0.1) is 12.4 Å². The van der Waals surface area contributed by atoms with Gasteiger partial charge in [-0.25, -0.2) is 0 Å². The zero-order chi connectivity index (χ0) is 17.8. The lowest BCUT2D eigenvalue weighted by Crippen LogP contribution is -2.28.